The maximum atomic E-state index is 9.75. The molecular formula is C10H18AuBF4N6S2. The molecule has 6 nitrogen and oxygen atoms in total. The van der Waals surface area contributed by atoms with Gasteiger partial charge in [0.1, 0.15) is 24.4 Å². The molecule has 0 aliphatic carbocycles. The van der Waals surface area contributed by atoms with Gasteiger partial charge < -0.3 is 42.5 Å². The molecule has 0 bridgehead atoms. The summed E-state index contributed by atoms with van der Waals surface area (Å²) in [5, 5.41) is 9.28. The number of aryl methyl sites for hydroxylation is 2. The third-order valence-electron chi connectivity index (χ3n) is 2.95. The minimum atomic E-state index is -6.00. The first-order valence-corrected chi connectivity index (χ1v) is 7.08. The van der Waals surface area contributed by atoms with Gasteiger partial charge >= 0.3 is 29.6 Å². The van der Waals surface area contributed by atoms with Crippen LogP contribution in [0.3, 0.4) is 0 Å². The van der Waals surface area contributed by atoms with Crippen molar-refractivity contribution in [2.45, 2.75) is 24.2 Å². The van der Waals surface area contributed by atoms with E-state index in [1.165, 1.54) is 0 Å². The van der Waals surface area contributed by atoms with Gasteiger partial charge in [0.05, 0.1) is 14.1 Å². The molecule has 2 heterocycles. The normalized spacial score (nSPS) is 10.1. The van der Waals surface area contributed by atoms with Gasteiger partial charge in [0.25, 0.3) is 11.6 Å². The number of hydrogen-bond donors (Lipinski definition) is 0. The van der Waals surface area contributed by atoms with E-state index in [2.05, 4.69) is 10.2 Å². The van der Waals surface area contributed by atoms with E-state index in [0.717, 1.165) is 11.6 Å². The molecular weight excluding hydrogens is 552 g/mol. The van der Waals surface area contributed by atoms with E-state index in [1.807, 2.05) is 51.2 Å². The van der Waals surface area contributed by atoms with Crippen LogP contribution >= 0.6 is 0 Å². The van der Waals surface area contributed by atoms with Crippen molar-refractivity contribution in [2.24, 2.45) is 28.2 Å². The van der Waals surface area contributed by atoms with Crippen LogP contribution in [0.2, 0.25) is 0 Å². The van der Waals surface area contributed by atoms with Gasteiger partial charge in [-0.25, -0.2) is 9.13 Å². The first-order valence-electron chi connectivity index (χ1n) is 6.26. The monoisotopic (exact) mass is 570 g/mol. The van der Waals surface area contributed by atoms with Crippen LogP contribution in [-0.4, -0.2) is 26.6 Å². The van der Waals surface area contributed by atoms with E-state index in [4.69, 9.17) is 25.3 Å². The van der Waals surface area contributed by atoms with Gasteiger partial charge in [0, 0.05) is 13.8 Å². The average Bonchev–Trinajstić information content (AvgIpc) is 2.74. The topological polar surface area (TPSA) is 43.4 Å². The summed E-state index contributed by atoms with van der Waals surface area (Å²) in [6.45, 7) is 3.95. The van der Waals surface area contributed by atoms with Crippen molar-refractivity contribution in [3.05, 3.63) is 11.6 Å². The first kappa shape index (κ1) is 25.5. The number of hydrogen-bond acceptors (Lipinski definition) is 4. The summed E-state index contributed by atoms with van der Waals surface area (Å²) in [5.74, 6) is 2.14. The Morgan fingerprint density at radius 2 is 1.04 bits per heavy atom. The Hall–Kier alpha value is -0.755. The standard InChI is InChI=1S/2C5H9N3S.Au.BF4/c2*1-4-7(2)5(9)6-8(4)3;;2-1(3,4)5/h2*1-3H3;;/q;;+1;-1. The molecule has 0 fully saturated rings. The summed E-state index contributed by atoms with van der Waals surface area (Å²) in [5.41, 5.74) is 0. The van der Waals surface area contributed by atoms with Crippen LogP contribution in [-0.2, 0) is 75.8 Å². The number of rotatable bonds is 0. The SMILES string of the molecule is Cc1n(C)c([S-])n[n+]1C.Cc1n(C)c([S-])n[n+]1C.F[B-](F)(F)F.[Au+]. The van der Waals surface area contributed by atoms with Crippen LogP contribution in [0.25, 0.3) is 0 Å². The largest absolute Gasteiger partial charge is 1.00 e. The molecule has 14 heteroatoms. The van der Waals surface area contributed by atoms with Crippen molar-refractivity contribution in [3.8, 4) is 0 Å². The van der Waals surface area contributed by atoms with Crippen LogP contribution in [0.5, 0.6) is 0 Å². The number of halogens is 4. The molecule has 2 rings (SSSR count). The molecule has 0 aliphatic heterocycles. The van der Waals surface area contributed by atoms with Crippen LogP contribution < -0.4 is 9.36 Å². The number of nitrogens with zero attached hydrogens (tertiary/aromatic N) is 6. The second-order valence-electron chi connectivity index (χ2n) is 4.52. The van der Waals surface area contributed by atoms with Gasteiger partial charge in [0.15, 0.2) is 0 Å². The second-order valence-corrected chi connectivity index (χ2v) is 5.25. The van der Waals surface area contributed by atoms with E-state index < -0.39 is 7.25 Å². The fourth-order valence-corrected chi connectivity index (χ4v) is 1.76. The first-order chi connectivity index (χ1) is 10.3. The molecule has 0 spiro atoms. The smallest absolute Gasteiger partial charge is 0.713 e. The van der Waals surface area contributed by atoms with E-state index in [-0.39, 0.29) is 22.4 Å². The molecule has 0 amide bonds. The molecule has 0 unspecified atom stereocenters. The quantitative estimate of drug-likeness (QED) is 0.197. The van der Waals surface area contributed by atoms with Crippen molar-refractivity contribution in [3.63, 3.8) is 0 Å². The predicted octanol–water partition coefficient (Wildman–Crippen LogP) is 0.215. The van der Waals surface area contributed by atoms with E-state index in [9.17, 15) is 17.3 Å². The van der Waals surface area contributed by atoms with Crippen molar-refractivity contribution in [2.75, 3.05) is 0 Å². The maximum absolute atomic E-state index is 9.75. The third kappa shape index (κ3) is 8.92. The fraction of sp³-hybridized carbons (Fsp3) is 0.600. The van der Waals surface area contributed by atoms with Crippen molar-refractivity contribution < 1.29 is 49.0 Å². The summed E-state index contributed by atoms with van der Waals surface area (Å²) in [6, 6.07) is 0. The summed E-state index contributed by atoms with van der Waals surface area (Å²) in [4.78, 5) is 0. The molecule has 0 saturated heterocycles. The Balaban J connectivity index is 0. The third-order valence-corrected chi connectivity index (χ3v) is 3.66. The van der Waals surface area contributed by atoms with Gasteiger partial charge in [-0.15, -0.1) is 9.36 Å². The molecule has 0 aliphatic rings. The second kappa shape index (κ2) is 10.3. The van der Waals surface area contributed by atoms with E-state index in [0.29, 0.717) is 10.3 Å². The molecule has 142 valence electrons. The van der Waals surface area contributed by atoms with E-state index >= 15 is 0 Å². The predicted molar refractivity (Wildman–Crippen MR) is 79.7 cm³/mol. The molecule has 2 aromatic heterocycles. The van der Waals surface area contributed by atoms with Crippen LogP contribution in [0.15, 0.2) is 10.3 Å². The van der Waals surface area contributed by atoms with Crippen molar-refractivity contribution in [1.82, 2.24) is 19.3 Å². The number of aromatic nitrogens is 6. The van der Waals surface area contributed by atoms with Crippen molar-refractivity contribution >= 4 is 32.5 Å². The van der Waals surface area contributed by atoms with Gasteiger partial charge in [0.2, 0.25) is 0 Å². The average molecular weight is 570 g/mol. The summed E-state index contributed by atoms with van der Waals surface area (Å²) in [6.07, 6.45) is 0. The van der Waals surface area contributed by atoms with Crippen molar-refractivity contribution in [1.29, 1.82) is 0 Å². The minimum absolute atomic E-state index is 0. The summed E-state index contributed by atoms with van der Waals surface area (Å²) < 4.78 is 46.3. The Morgan fingerprint density at radius 3 is 1.08 bits per heavy atom. The Bertz CT molecular complexity index is 560. The van der Waals surface area contributed by atoms with Crippen LogP contribution in [0, 0.1) is 13.8 Å². The summed E-state index contributed by atoms with van der Waals surface area (Å²) in [7, 11) is 1.58. The van der Waals surface area contributed by atoms with Crippen LogP contribution in [0.1, 0.15) is 11.6 Å². The van der Waals surface area contributed by atoms with Crippen LogP contribution in [0.4, 0.5) is 17.3 Å². The molecule has 0 radical (unpaired) electrons. The molecule has 2 aromatic rings. The van der Waals surface area contributed by atoms with Gasteiger partial charge in [-0.05, 0) is 0 Å². The molecule has 0 aromatic carbocycles. The molecule has 0 atom stereocenters. The zero-order valence-electron chi connectivity index (χ0n) is 13.9. The molecule has 24 heavy (non-hydrogen) atoms. The Kier molecular flexibility index (Phi) is 10.9. The van der Waals surface area contributed by atoms with Gasteiger partial charge in [-0.1, -0.05) is 10.2 Å². The fourth-order valence-electron chi connectivity index (χ4n) is 1.25. The van der Waals surface area contributed by atoms with Gasteiger partial charge in [-0.2, -0.15) is 0 Å². The van der Waals surface area contributed by atoms with Gasteiger partial charge in [-0.3, -0.25) is 0 Å². The molecule has 0 N–H and O–H groups in total. The minimum Gasteiger partial charge on any atom is -0.713 e. The summed E-state index contributed by atoms with van der Waals surface area (Å²) >= 11 is 9.79. The van der Waals surface area contributed by atoms with E-state index in [1.54, 1.807) is 9.36 Å². The maximum Gasteiger partial charge on any atom is 1.00 e. The zero-order valence-corrected chi connectivity index (χ0v) is 17.7. The zero-order chi connectivity index (χ0) is 18.5. The Labute approximate surface area is 164 Å². The Morgan fingerprint density at radius 1 is 0.833 bits per heavy atom. The molecule has 0 saturated carbocycles.